The van der Waals surface area contributed by atoms with Crippen LogP contribution in [0.4, 0.5) is 0 Å². The highest BCUT2D eigenvalue weighted by Gasteiger charge is 2.16. The lowest BCUT2D eigenvalue weighted by Crippen LogP contribution is -2.23. The summed E-state index contributed by atoms with van der Waals surface area (Å²) in [5.41, 5.74) is 1.61. The van der Waals surface area contributed by atoms with Gasteiger partial charge in [0.1, 0.15) is 0 Å². The van der Waals surface area contributed by atoms with Crippen molar-refractivity contribution in [2.45, 2.75) is 45.8 Å². The van der Waals surface area contributed by atoms with E-state index in [1.807, 2.05) is 38.1 Å². The lowest BCUT2D eigenvalue weighted by atomic mass is 10.0. The second-order valence-corrected chi connectivity index (χ2v) is 4.74. The number of carboxylic acid groups (broad SMARTS) is 1. The first kappa shape index (κ1) is 13.7. The van der Waals surface area contributed by atoms with Gasteiger partial charge in [-0.1, -0.05) is 31.2 Å². The van der Waals surface area contributed by atoms with Crippen LogP contribution < -0.4 is 0 Å². The van der Waals surface area contributed by atoms with Crippen molar-refractivity contribution in [2.24, 2.45) is 0 Å². The molecule has 1 aromatic carbocycles. The van der Waals surface area contributed by atoms with Crippen molar-refractivity contribution in [3.8, 4) is 0 Å². The lowest BCUT2D eigenvalue weighted by molar-refractivity contribution is -0.136. The molecule has 1 aromatic rings. The minimum Gasteiger partial charge on any atom is -0.481 e. The third kappa shape index (κ3) is 4.57. The molecule has 0 aliphatic rings. The molecule has 0 aromatic heterocycles. The molecule has 0 radical (unpaired) electrons. The first-order valence-electron chi connectivity index (χ1n) is 5.87. The number of carboxylic acids is 1. The van der Waals surface area contributed by atoms with Crippen LogP contribution in [0.15, 0.2) is 24.3 Å². The van der Waals surface area contributed by atoms with Crippen molar-refractivity contribution >= 4 is 5.97 Å². The quantitative estimate of drug-likeness (QED) is 0.825. The Kier molecular flexibility index (Phi) is 4.70. The third-order valence-corrected chi connectivity index (χ3v) is 2.93. The van der Waals surface area contributed by atoms with E-state index in [0.29, 0.717) is 6.61 Å². The van der Waals surface area contributed by atoms with Crippen molar-refractivity contribution in [2.75, 3.05) is 0 Å². The number of hydrogen-bond donors (Lipinski definition) is 1. The Morgan fingerprint density at radius 3 is 2.41 bits per heavy atom. The van der Waals surface area contributed by atoms with E-state index in [1.54, 1.807) is 0 Å². The van der Waals surface area contributed by atoms with E-state index >= 15 is 0 Å². The SMILES string of the molecule is CCC(C)(C)OCc1ccccc1CC(=O)O. The van der Waals surface area contributed by atoms with Crippen LogP contribution in [-0.2, 0) is 22.6 Å². The Morgan fingerprint density at radius 1 is 1.29 bits per heavy atom. The molecule has 0 fully saturated rings. The number of ether oxygens (including phenoxy) is 1. The molecule has 17 heavy (non-hydrogen) atoms. The van der Waals surface area contributed by atoms with Crippen molar-refractivity contribution in [3.05, 3.63) is 35.4 Å². The number of rotatable bonds is 6. The second-order valence-electron chi connectivity index (χ2n) is 4.74. The Morgan fingerprint density at radius 2 is 1.88 bits per heavy atom. The van der Waals surface area contributed by atoms with Gasteiger partial charge in [-0.25, -0.2) is 0 Å². The van der Waals surface area contributed by atoms with E-state index < -0.39 is 5.97 Å². The van der Waals surface area contributed by atoms with E-state index in [0.717, 1.165) is 17.5 Å². The highest BCUT2D eigenvalue weighted by atomic mass is 16.5. The first-order chi connectivity index (χ1) is 7.94. The van der Waals surface area contributed by atoms with Crippen molar-refractivity contribution < 1.29 is 14.6 Å². The highest BCUT2D eigenvalue weighted by Crippen LogP contribution is 2.18. The molecule has 0 spiro atoms. The molecule has 1 rings (SSSR count). The van der Waals surface area contributed by atoms with Gasteiger partial charge >= 0.3 is 5.97 Å². The Bertz CT molecular complexity index is 383. The summed E-state index contributed by atoms with van der Waals surface area (Å²) in [5.74, 6) is -0.813. The second kappa shape index (κ2) is 5.82. The smallest absolute Gasteiger partial charge is 0.307 e. The van der Waals surface area contributed by atoms with Crippen LogP contribution in [0.3, 0.4) is 0 Å². The monoisotopic (exact) mass is 236 g/mol. The summed E-state index contributed by atoms with van der Waals surface area (Å²) in [7, 11) is 0. The molecule has 0 heterocycles. The summed E-state index contributed by atoms with van der Waals surface area (Å²) in [5, 5.41) is 8.82. The molecule has 0 unspecified atom stereocenters. The van der Waals surface area contributed by atoms with Crippen LogP contribution >= 0.6 is 0 Å². The average Bonchev–Trinajstić information content (AvgIpc) is 2.27. The predicted molar refractivity (Wildman–Crippen MR) is 66.9 cm³/mol. The van der Waals surface area contributed by atoms with Gasteiger partial charge in [0, 0.05) is 0 Å². The largest absolute Gasteiger partial charge is 0.481 e. The number of hydrogen-bond acceptors (Lipinski definition) is 2. The summed E-state index contributed by atoms with van der Waals surface area (Å²) >= 11 is 0. The van der Waals surface area contributed by atoms with E-state index in [-0.39, 0.29) is 12.0 Å². The topological polar surface area (TPSA) is 46.5 Å². The van der Waals surface area contributed by atoms with Gasteiger partial charge in [-0.2, -0.15) is 0 Å². The van der Waals surface area contributed by atoms with Crippen molar-refractivity contribution in [1.82, 2.24) is 0 Å². The van der Waals surface area contributed by atoms with Crippen LogP contribution in [0, 0.1) is 0 Å². The zero-order valence-electron chi connectivity index (χ0n) is 10.7. The van der Waals surface area contributed by atoms with E-state index in [1.165, 1.54) is 0 Å². The molecule has 1 N–H and O–H groups in total. The highest BCUT2D eigenvalue weighted by molar-refractivity contribution is 5.70. The molecule has 0 amide bonds. The number of carbonyl (C=O) groups is 1. The Hall–Kier alpha value is -1.35. The van der Waals surface area contributed by atoms with Gasteiger partial charge in [0.05, 0.1) is 18.6 Å². The summed E-state index contributed by atoms with van der Waals surface area (Å²) in [6.45, 7) is 6.60. The standard InChI is InChI=1S/C14H20O3/c1-4-14(2,3)17-10-12-8-6-5-7-11(12)9-13(15)16/h5-8H,4,9-10H2,1-3H3,(H,15,16). The first-order valence-corrected chi connectivity index (χ1v) is 5.87. The molecule has 0 bridgehead atoms. The fraction of sp³-hybridized carbons (Fsp3) is 0.500. The minimum atomic E-state index is -0.813. The van der Waals surface area contributed by atoms with E-state index in [4.69, 9.17) is 9.84 Å². The maximum atomic E-state index is 10.7. The molecule has 0 aliphatic carbocycles. The van der Waals surface area contributed by atoms with Gasteiger partial charge in [0.2, 0.25) is 0 Å². The summed E-state index contributed by atoms with van der Waals surface area (Å²) in [6.07, 6.45) is 0.972. The van der Waals surface area contributed by atoms with Crippen LogP contribution in [0.5, 0.6) is 0 Å². The van der Waals surface area contributed by atoms with Crippen molar-refractivity contribution in [3.63, 3.8) is 0 Å². The van der Waals surface area contributed by atoms with Gasteiger partial charge in [-0.05, 0) is 31.4 Å². The normalized spacial score (nSPS) is 11.5. The Labute approximate surface area is 102 Å². The fourth-order valence-electron chi connectivity index (χ4n) is 1.41. The van der Waals surface area contributed by atoms with E-state index in [2.05, 4.69) is 6.92 Å². The lowest BCUT2D eigenvalue weighted by Gasteiger charge is -2.24. The zero-order chi connectivity index (χ0) is 12.9. The summed E-state index contributed by atoms with van der Waals surface area (Å²) in [4.78, 5) is 10.7. The molecule has 3 nitrogen and oxygen atoms in total. The van der Waals surface area contributed by atoms with Gasteiger partial charge in [0.25, 0.3) is 0 Å². The molecular weight excluding hydrogens is 216 g/mol. The number of benzene rings is 1. The summed E-state index contributed by atoms with van der Waals surface area (Å²) in [6, 6.07) is 7.52. The molecule has 94 valence electrons. The van der Waals surface area contributed by atoms with Crippen LogP contribution in [-0.4, -0.2) is 16.7 Å². The molecule has 3 heteroatoms. The van der Waals surface area contributed by atoms with Gasteiger partial charge in [-0.3, -0.25) is 4.79 Å². The van der Waals surface area contributed by atoms with Crippen molar-refractivity contribution in [1.29, 1.82) is 0 Å². The van der Waals surface area contributed by atoms with Crippen LogP contribution in [0.25, 0.3) is 0 Å². The van der Waals surface area contributed by atoms with Gasteiger partial charge in [-0.15, -0.1) is 0 Å². The zero-order valence-corrected chi connectivity index (χ0v) is 10.7. The van der Waals surface area contributed by atoms with E-state index in [9.17, 15) is 4.79 Å². The summed E-state index contributed by atoms with van der Waals surface area (Å²) < 4.78 is 5.79. The maximum absolute atomic E-state index is 10.7. The number of aliphatic carboxylic acids is 1. The third-order valence-electron chi connectivity index (χ3n) is 2.93. The van der Waals surface area contributed by atoms with Gasteiger partial charge in [0.15, 0.2) is 0 Å². The maximum Gasteiger partial charge on any atom is 0.307 e. The molecule has 0 atom stereocenters. The Balaban J connectivity index is 2.73. The molecule has 0 aliphatic heterocycles. The van der Waals surface area contributed by atoms with Crippen LogP contribution in [0.1, 0.15) is 38.3 Å². The molecule has 0 saturated heterocycles. The van der Waals surface area contributed by atoms with Crippen LogP contribution in [0.2, 0.25) is 0 Å². The van der Waals surface area contributed by atoms with Gasteiger partial charge < -0.3 is 9.84 Å². The predicted octanol–water partition coefficient (Wildman–Crippen LogP) is 3.02. The minimum absolute atomic E-state index is 0.0477. The molecular formula is C14H20O3. The fourth-order valence-corrected chi connectivity index (χ4v) is 1.41. The molecule has 0 saturated carbocycles. The average molecular weight is 236 g/mol.